The lowest BCUT2D eigenvalue weighted by Gasteiger charge is -2.11. The molecular formula is C26H23N3O6S. The Balaban J connectivity index is 1.61. The van der Waals surface area contributed by atoms with E-state index in [1.807, 2.05) is 0 Å². The van der Waals surface area contributed by atoms with E-state index in [4.69, 9.17) is 9.47 Å². The highest BCUT2D eigenvalue weighted by Gasteiger charge is 2.18. The predicted octanol–water partition coefficient (Wildman–Crippen LogP) is 3.88. The number of benzene rings is 3. The van der Waals surface area contributed by atoms with Crippen molar-refractivity contribution in [3.05, 3.63) is 90.3 Å². The zero-order valence-corrected chi connectivity index (χ0v) is 20.4. The third-order valence-corrected chi connectivity index (χ3v) is 6.50. The van der Waals surface area contributed by atoms with Gasteiger partial charge in [0.25, 0.3) is 12.4 Å². The van der Waals surface area contributed by atoms with E-state index in [-0.39, 0.29) is 17.2 Å². The lowest BCUT2D eigenvalue weighted by atomic mass is 10.1. The van der Waals surface area contributed by atoms with Gasteiger partial charge in [0.05, 0.1) is 17.7 Å². The highest BCUT2D eigenvalue weighted by Crippen LogP contribution is 2.28. The van der Waals surface area contributed by atoms with Crippen molar-refractivity contribution in [2.45, 2.75) is 11.5 Å². The molecule has 4 aromatic rings. The van der Waals surface area contributed by atoms with Crippen molar-refractivity contribution in [3.63, 3.8) is 0 Å². The lowest BCUT2D eigenvalue weighted by molar-refractivity contribution is -0.129. The fourth-order valence-electron chi connectivity index (χ4n) is 3.66. The van der Waals surface area contributed by atoms with Crippen LogP contribution in [0.1, 0.15) is 16.2 Å². The molecule has 0 saturated heterocycles. The topological polar surface area (TPSA) is 117 Å². The number of carbonyl (C=O) groups is 2. The first-order chi connectivity index (χ1) is 17.3. The summed E-state index contributed by atoms with van der Waals surface area (Å²) < 4.78 is 35.7. The molecular weight excluding hydrogens is 482 g/mol. The van der Waals surface area contributed by atoms with Crippen LogP contribution in [0.3, 0.4) is 0 Å². The van der Waals surface area contributed by atoms with Crippen LogP contribution >= 0.6 is 0 Å². The minimum absolute atomic E-state index is 0.0820. The lowest BCUT2D eigenvalue weighted by Crippen LogP contribution is -2.17. The number of methoxy groups -OCH3 is 1. The molecule has 0 radical (unpaired) electrons. The Hall–Kier alpha value is -4.44. The smallest absolute Gasteiger partial charge is 0.293 e. The molecule has 0 saturated carbocycles. The minimum Gasteiger partial charge on any atom is -0.497 e. The molecule has 0 aliphatic carbocycles. The fourth-order valence-corrected chi connectivity index (χ4v) is 4.57. The van der Waals surface area contributed by atoms with Crippen molar-refractivity contribution in [1.82, 2.24) is 9.78 Å². The predicted molar refractivity (Wildman–Crippen MR) is 134 cm³/mol. The SMILES string of the molecule is COc1ccc(-n2nc(COC=O)cc2C(=O)Nc2ccc(-c3ccccc3S(C)(=O)=O)cc2)cc1. The summed E-state index contributed by atoms with van der Waals surface area (Å²) in [4.78, 5) is 24.0. The maximum atomic E-state index is 13.2. The van der Waals surface area contributed by atoms with Crippen LogP contribution in [0.25, 0.3) is 16.8 Å². The van der Waals surface area contributed by atoms with Gasteiger partial charge in [0.1, 0.15) is 23.7 Å². The molecule has 0 aliphatic heterocycles. The number of ether oxygens (including phenoxy) is 2. The first kappa shape index (κ1) is 24.7. The monoisotopic (exact) mass is 505 g/mol. The van der Waals surface area contributed by atoms with Gasteiger partial charge in [-0.25, -0.2) is 13.1 Å². The number of nitrogens with zero attached hydrogens (tertiary/aromatic N) is 2. The second-order valence-electron chi connectivity index (χ2n) is 7.84. The number of amides is 1. The van der Waals surface area contributed by atoms with Crippen LogP contribution in [0.15, 0.2) is 83.8 Å². The fraction of sp³-hybridized carbons (Fsp3) is 0.115. The number of hydrogen-bond acceptors (Lipinski definition) is 7. The normalized spacial score (nSPS) is 11.1. The van der Waals surface area contributed by atoms with E-state index in [0.29, 0.717) is 40.4 Å². The van der Waals surface area contributed by atoms with E-state index >= 15 is 0 Å². The highest BCUT2D eigenvalue weighted by molar-refractivity contribution is 7.90. The van der Waals surface area contributed by atoms with Crippen LogP contribution in [-0.4, -0.2) is 43.9 Å². The van der Waals surface area contributed by atoms with Gasteiger partial charge in [-0.3, -0.25) is 9.59 Å². The van der Waals surface area contributed by atoms with Gasteiger partial charge in [0, 0.05) is 17.5 Å². The van der Waals surface area contributed by atoms with E-state index in [0.717, 1.165) is 0 Å². The van der Waals surface area contributed by atoms with Gasteiger partial charge in [0.2, 0.25) is 0 Å². The van der Waals surface area contributed by atoms with Crippen molar-refractivity contribution in [3.8, 4) is 22.6 Å². The Morgan fingerprint density at radius 2 is 1.72 bits per heavy atom. The Labute approximate surface area is 208 Å². The second kappa shape index (κ2) is 10.4. The Morgan fingerprint density at radius 1 is 1.03 bits per heavy atom. The molecule has 4 rings (SSSR count). The molecule has 36 heavy (non-hydrogen) atoms. The summed E-state index contributed by atoms with van der Waals surface area (Å²) in [6.45, 7) is 0.233. The average Bonchev–Trinajstić information content (AvgIpc) is 3.32. The molecule has 184 valence electrons. The molecule has 0 bridgehead atoms. The zero-order chi connectivity index (χ0) is 25.7. The van der Waals surface area contributed by atoms with E-state index < -0.39 is 15.7 Å². The van der Waals surface area contributed by atoms with Crippen LogP contribution in [-0.2, 0) is 26.0 Å². The van der Waals surface area contributed by atoms with Gasteiger partial charge in [-0.2, -0.15) is 5.10 Å². The molecule has 1 amide bonds. The third kappa shape index (κ3) is 5.44. The molecule has 0 fully saturated rings. The summed E-state index contributed by atoms with van der Waals surface area (Å²) in [5.74, 6) is 0.221. The van der Waals surface area contributed by atoms with E-state index in [2.05, 4.69) is 10.4 Å². The summed E-state index contributed by atoms with van der Waals surface area (Å²) >= 11 is 0. The van der Waals surface area contributed by atoms with Crippen LogP contribution in [0.5, 0.6) is 5.75 Å². The maximum absolute atomic E-state index is 13.2. The molecule has 3 aromatic carbocycles. The van der Waals surface area contributed by atoms with Crippen molar-refractivity contribution in [2.24, 2.45) is 0 Å². The van der Waals surface area contributed by atoms with Crippen molar-refractivity contribution in [1.29, 1.82) is 0 Å². The van der Waals surface area contributed by atoms with Gasteiger partial charge in [-0.15, -0.1) is 0 Å². The third-order valence-electron chi connectivity index (χ3n) is 5.35. The van der Waals surface area contributed by atoms with Gasteiger partial charge in [-0.05, 0) is 54.1 Å². The maximum Gasteiger partial charge on any atom is 0.293 e. The van der Waals surface area contributed by atoms with E-state index in [9.17, 15) is 18.0 Å². The number of anilines is 1. The van der Waals surface area contributed by atoms with Crippen molar-refractivity contribution in [2.75, 3.05) is 18.7 Å². The summed E-state index contributed by atoms with van der Waals surface area (Å²) in [5.41, 5.74) is 3.03. The van der Waals surface area contributed by atoms with Crippen LogP contribution in [0.4, 0.5) is 5.69 Å². The highest BCUT2D eigenvalue weighted by atomic mass is 32.2. The van der Waals surface area contributed by atoms with Crippen molar-refractivity contribution >= 4 is 27.9 Å². The van der Waals surface area contributed by atoms with Crippen molar-refractivity contribution < 1.29 is 27.5 Å². The van der Waals surface area contributed by atoms with Gasteiger partial charge in [-0.1, -0.05) is 30.3 Å². The van der Waals surface area contributed by atoms with E-state index in [1.54, 1.807) is 86.0 Å². The van der Waals surface area contributed by atoms with Gasteiger partial charge >= 0.3 is 0 Å². The summed E-state index contributed by atoms with van der Waals surface area (Å²) in [7, 11) is -1.85. The number of rotatable bonds is 9. The van der Waals surface area contributed by atoms with E-state index in [1.165, 1.54) is 10.9 Å². The quantitative estimate of drug-likeness (QED) is 0.343. The first-order valence-electron chi connectivity index (χ1n) is 10.8. The first-order valence-corrected chi connectivity index (χ1v) is 12.7. The van der Waals surface area contributed by atoms with Crippen LogP contribution in [0, 0.1) is 0 Å². The Kier molecular flexibility index (Phi) is 7.16. The second-order valence-corrected chi connectivity index (χ2v) is 9.82. The number of carbonyl (C=O) groups excluding carboxylic acids is 2. The molecule has 1 aromatic heterocycles. The minimum atomic E-state index is -3.41. The molecule has 1 N–H and O–H groups in total. The zero-order valence-electron chi connectivity index (χ0n) is 19.5. The molecule has 1 heterocycles. The van der Waals surface area contributed by atoms with Gasteiger partial charge < -0.3 is 14.8 Å². The molecule has 10 heteroatoms. The standard InChI is InChI=1S/C26H23N3O6S/c1-34-22-13-11-21(12-14-22)29-24(15-20(28-29)16-35-17-30)26(31)27-19-9-7-18(8-10-19)23-5-3-4-6-25(23)36(2,32)33/h3-15,17H,16H2,1-2H3,(H,27,31). The molecule has 0 atom stereocenters. The van der Waals surface area contributed by atoms with Crippen LogP contribution < -0.4 is 10.1 Å². The summed E-state index contributed by atoms with van der Waals surface area (Å²) in [5, 5.41) is 7.23. The van der Waals surface area contributed by atoms with Crippen LogP contribution in [0.2, 0.25) is 0 Å². The Morgan fingerprint density at radius 3 is 2.36 bits per heavy atom. The van der Waals surface area contributed by atoms with Gasteiger partial charge in [0.15, 0.2) is 9.84 Å². The number of aromatic nitrogens is 2. The number of hydrogen-bond donors (Lipinski definition) is 1. The molecule has 9 nitrogen and oxygen atoms in total. The largest absolute Gasteiger partial charge is 0.497 e. The molecule has 0 aliphatic rings. The molecule has 0 spiro atoms. The Bertz CT molecular complexity index is 1490. The summed E-state index contributed by atoms with van der Waals surface area (Å²) in [6.07, 6.45) is 1.17. The average molecular weight is 506 g/mol. The number of nitrogens with one attached hydrogen (secondary N) is 1. The molecule has 0 unspecified atom stereocenters. The summed E-state index contributed by atoms with van der Waals surface area (Å²) in [6, 6.07) is 22.1. The number of sulfone groups is 1.